The van der Waals surface area contributed by atoms with Gasteiger partial charge in [-0.15, -0.1) is 0 Å². The molecule has 1 atom stereocenters. The maximum absolute atomic E-state index is 10.4. The molecule has 2 rings (SSSR count). The van der Waals surface area contributed by atoms with Crippen LogP contribution in [0.3, 0.4) is 0 Å². The molecule has 0 aliphatic rings. The van der Waals surface area contributed by atoms with Gasteiger partial charge in [-0.1, -0.05) is 13.8 Å². The third-order valence-electron chi connectivity index (χ3n) is 3.38. The maximum atomic E-state index is 10.4. The molecule has 1 N–H and O–H groups in total. The zero-order chi connectivity index (χ0) is 14.7. The van der Waals surface area contributed by atoms with Gasteiger partial charge in [0.2, 0.25) is 0 Å². The summed E-state index contributed by atoms with van der Waals surface area (Å²) >= 11 is 3.58. The number of halogens is 1. The van der Waals surface area contributed by atoms with Crippen LogP contribution in [-0.2, 0) is 26.4 Å². The summed E-state index contributed by atoms with van der Waals surface area (Å²) in [5.41, 5.74) is 2.89. The average Bonchev–Trinajstić information content (AvgIpc) is 2.99. The Hall–Kier alpha value is -1.14. The van der Waals surface area contributed by atoms with Crippen LogP contribution in [-0.4, -0.2) is 24.7 Å². The van der Waals surface area contributed by atoms with E-state index in [2.05, 4.69) is 40.0 Å². The molecule has 20 heavy (non-hydrogen) atoms. The van der Waals surface area contributed by atoms with Crippen molar-refractivity contribution in [3.63, 3.8) is 0 Å². The van der Waals surface area contributed by atoms with Gasteiger partial charge in [0, 0.05) is 31.8 Å². The fraction of sp³-hybridized carbons (Fsp3) is 0.571. The highest BCUT2D eigenvalue weighted by molar-refractivity contribution is 9.10. The van der Waals surface area contributed by atoms with Gasteiger partial charge in [0.25, 0.3) is 0 Å². The van der Waals surface area contributed by atoms with Gasteiger partial charge in [0.05, 0.1) is 28.2 Å². The maximum Gasteiger partial charge on any atom is 0.0876 e. The molecule has 0 saturated heterocycles. The minimum Gasteiger partial charge on any atom is -0.388 e. The molecule has 0 aliphatic carbocycles. The second kappa shape index (κ2) is 6.54. The molecule has 1 unspecified atom stereocenters. The van der Waals surface area contributed by atoms with E-state index in [1.54, 1.807) is 6.20 Å². The van der Waals surface area contributed by atoms with Crippen molar-refractivity contribution in [1.82, 2.24) is 19.6 Å². The Balaban J connectivity index is 2.14. The van der Waals surface area contributed by atoms with Crippen LogP contribution in [0.2, 0.25) is 0 Å². The fourth-order valence-corrected chi connectivity index (χ4v) is 3.02. The predicted molar refractivity (Wildman–Crippen MR) is 81.5 cm³/mol. The molecule has 2 aromatic rings. The van der Waals surface area contributed by atoms with Gasteiger partial charge in [0.15, 0.2) is 0 Å². The van der Waals surface area contributed by atoms with Gasteiger partial charge in [-0.25, -0.2) is 0 Å². The Morgan fingerprint density at radius 1 is 1.40 bits per heavy atom. The molecule has 110 valence electrons. The van der Waals surface area contributed by atoms with E-state index < -0.39 is 6.10 Å². The largest absolute Gasteiger partial charge is 0.388 e. The number of aliphatic hydroxyl groups is 1. The van der Waals surface area contributed by atoms with E-state index in [9.17, 15) is 5.11 Å². The van der Waals surface area contributed by atoms with Crippen LogP contribution in [0.4, 0.5) is 0 Å². The summed E-state index contributed by atoms with van der Waals surface area (Å²) in [5, 5.41) is 19.1. The second-order valence-corrected chi connectivity index (χ2v) is 5.73. The third kappa shape index (κ3) is 3.12. The highest BCUT2D eigenvalue weighted by Crippen LogP contribution is 2.26. The van der Waals surface area contributed by atoms with Crippen LogP contribution >= 0.6 is 15.9 Å². The summed E-state index contributed by atoms with van der Waals surface area (Å²) in [5.74, 6) is 0. The first-order valence-corrected chi connectivity index (χ1v) is 7.76. The molecule has 0 fully saturated rings. The van der Waals surface area contributed by atoms with Crippen molar-refractivity contribution >= 4 is 15.9 Å². The Kier molecular flexibility index (Phi) is 4.99. The molecule has 0 radical (unpaired) electrons. The summed E-state index contributed by atoms with van der Waals surface area (Å²) < 4.78 is 4.71. The normalized spacial score (nSPS) is 12.8. The molecular weight excluding hydrogens is 320 g/mol. The molecule has 0 saturated carbocycles. The molecule has 0 spiro atoms. The Bertz CT molecular complexity index is 576. The first-order chi connectivity index (χ1) is 9.56. The first-order valence-electron chi connectivity index (χ1n) is 6.97. The highest BCUT2D eigenvalue weighted by Gasteiger charge is 2.18. The van der Waals surface area contributed by atoms with Crippen molar-refractivity contribution in [2.24, 2.45) is 7.05 Å². The van der Waals surface area contributed by atoms with Crippen LogP contribution in [0, 0.1) is 0 Å². The monoisotopic (exact) mass is 340 g/mol. The Morgan fingerprint density at radius 3 is 2.75 bits per heavy atom. The molecule has 6 heteroatoms. The van der Waals surface area contributed by atoms with Crippen LogP contribution in [0.25, 0.3) is 0 Å². The van der Waals surface area contributed by atoms with Crippen molar-refractivity contribution in [3.8, 4) is 0 Å². The van der Waals surface area contributed by atoms with E-state index in [1.807, 2.05) is 22.6 Å². The summed E-state index contributed by atoms with van der Waals surface area (Å²) in [7, 11) is 1.91. The van der Waals surface area contributed by atoms with E-state index in [4.69, 9.17) is 0 Å². The van der Waals surface area contributed by atoms with E-state index in [0.29, 0.717) is 6.42 Å². The van der Waals surface area contributed by atoms with Crippen LogP contribution in [0.1, 0.15) is 43.3 Å². The number of hydrogen-bond donors (Lipinski definition) is 1. The quantitative estimate of drug-likeness (QED) is 0.879. The molecular formula is C14H21BrN4O. The van der Waals surface area contributed by atoms with Gasteiger partial charge in [-0.3, -0.25) is 9.36 Å². The Morgan fingerprint density at radius 2 is 2.15 bits per heavy atom. The van der Waals surface area contributed by atoms with Gasteiger partial charge in [0.1, 0.15) is 0 Å². The Labute approximate surface area is 127 Å². The zero-order valence-electron chi connectivity index (χ0n) is 12.2. The lowest BCUT2D eigenvalue weighted by molar-refractivity contribution is 0.175. The fourth-order valence-electron chi connectivity index (χ4n) is 2.25. The number of rotatable bonds is 6. The minimum absolute atomic E-state index is 0.530. The number of aryl methyl sites for hydroxylation is 3. The van der Waals surface area contributed by atoms with Crippen LogP contribution < -0.4 is 0 Å². The average molecular weight is 341 g/mol. The molecule has 2 heterocycles. The van der Waals surface area contributed by atoms with Crippen molar-refractivity contribution < 1.29 is 5.11 Å². The smallest absolute Gasteiger partial charge is 0.0876 e. The van der Waals surface area contributed by atoms with Crippen molar-refractivity contribution in [2.75, 3.05) is 0 Å². The second-order valence-electron chi connectivity index (χ2n) is 4.94. The third-order valence-corrected chi connectivity index (χ3v) is 4.30. The number of aliphatic hydroxyl groups excluding tert-OH is 1. The van der Waals surface area contributed by atoms with Crippen LogP contribution in [0.5, 0.6) is 0 Å². The van der Waals surface area contributed by atoms with Crippen LogP contribution in [0.15, 0.2) is 16.9 Å². The first kappa shape index (κ1) is 15.3. The molecule has 0 aromatic carbocycles. The molecule has 0 bridgehead atoms. The summed E-state index contributed by atoms with van der Waals surface area (Å²) in [6.07, 6.45) is 5.53. The van der Waals surface area contributed by atoms with E-state index in [-0.39, 0.29) is 0 Å². The summed E-state index contributed by atoms with van der Waals surface area (Å²) in [4.78, 5) is 0. The van der Waals surface area contributed by atoms with Crippen molar-refractivity contribution in [2.45, 2.75) is 45.8 Å². The van der Waals surface area contributed by atoms with Gasteiger partial charge in [-0.2, -0.15) is 10.2 Å². The lowest BCUT2D eigenvalue weighted by Crippen LogP contribution is -2.06. The SMILES string of the molecule is CCCn1cc(C(O)Cc2c(Br)c(CC)nn2C)cn1. The standard InChI is InChI=1S/C14H21BrN4O/c1-4-6-19-9-10(8-16-19)13(20)7-12-14(15)11(5-2)17-18(12)3/h8-9,13,20H,4-7H2,1-3H3. The lowest BCUT2D eigenvalue weighted by Gasteiger charge is -2.09. The summed E-state index contributed by atoms with van der Waals surface area (Å²) in [6, 6.07) is 0. The van der Waals surface area contributed by atoms with Crippen molar-refractivity contribution in [1.29, 1.82) is 0 Å². The lowest BCUT2D eigenvalue weighted by atomic mass is 10.1. The van der Waals surface area contributed by atoms with E-state index >= 15 is 0 Å². The van der Waals surface area contributed by atoms with E-state index in [0.717, 1.165) is 40.8 Å². The summed E-state index contributed by atoms with van der Waals surface area (Å²) in [6.45, 7) is 5.06. The van der Waals surface area contributed by atoms with Gasteiger partial charge < -0.3 is 5.11 Å². The molecule has 5 nitrogen and oxygen atoms in total. The minimum atomic E-state index is -0.558. The predicted octanol–water partition coefficient (Wildman–Crippen LogP) is 2.63. The zero-order valence-corrected chi connectivity index (χ0v) is 13.8. The molecule has 0 amide bonds. The molecule has 0 aliphatic heterocycles. The van der Waals surface area contributed by atoms with Gasteiger partial charge >= 0.3 is 0 Å². The number of aromatic nitrogens is 4. The topological polar surface area (TPSA) is 55.9 Å². The van der Waals surface area contributed by atoms with Crippen molar-refractivity contribution in [3.05, 3.63) is 33.8 Å². The molecule has 2 aromatic heterocycles. The number of nitrogens with zero attached hydrogens (tertiary/aromatic N) is 4. The van der Waals surface area contributed by atoms with Gasteiger partial charge in [-0.05, 0) is 28.8 Å². The van der Waals surface area contributed by atoms with E-state index in [1.165, 1.54) is 0 Å². The highest BCUT2D eigenvalue weighted by atomic mass is 79.9. The number of hydrogen-bond acceptors (Lipinski definition) is 3.